The van der Waals surface area contributed by atoms with Crippen LogP contribution >= 0.6 is 0 Å². The van der Waals surface area contributed by atoms with Crippen LogP contribution in [0.1, 0.15) is 48.8 Å². The van der Waals surface area contributed by atoms with E-state index in [1.807, 2.05) is 31.5 Å². The van der Waals surface area contributed by atoms with Crippen LogP contribution in [0.25, 0.3) is 0 Å². The summed E-state index contributed by atoms with van der Waals surface area (Å²) in [6, 6.07) is 7.88. The molecule has 0 saturated carbocycles. The minimum atomic E-state index is -0.582. The van der Waals surface area contributed by atoms with Crippen molar-refractivity contribution in [1.29, 1.82) is 0 Å². The molecule has 3 atom stereocenters. The summed E-state index contributed by atoms with van der Waals surface area (Å²) in [5.74, 6) is -0.381. The number of amides is 1. The normalized spacial score (nSPS) is 21.6. The van der Waals surface area contributed by atoms with Gasteiger partial charge in [0.05, 0.1) is 23.9 Å². The van der Waals surface area contributed by atoms with Crippen molar-refractivity contribution in [3.8, 4) is 0 Å². The maximum absolute atomic E-state index is 13.5. The SMILES string of the molecule is Cc1cc(C)n(C(C)CC(=O)N2CC(O)CC2c2cccc(F)c2)n1. The average molecular weight is 345 g/mol. The molecule has 6 heteroatoms. The highest BCUT2D eigenvalue weighted by Gasteiger charge is 2.35. The van der Waals surface area contributed by atoms with Crippen LogP contribution in [0.15, 0.2) is 30.3 Å². The van der Waals surface area contributed by atoms with Crippen molar-refractivity contribution in [2.75, 3.05) is 6.54 Å². The Hall–Kier alpha value is -2.21. The number of likely N-dealkylation sites (tertiary alicyclic amines) is 1. The molecule has 1 saturated heterocycles. The lowest BCUT2D eigenvalue weighted by Gasteiger charge is -2.26. The van der Waals surface area contributed by atoms with Crippen molar-refractivity contribution in [1.82, 2.24) is 14.7 Å². The third-order valence-corrected chi connectivity index (χ3v) is 4.76. The minimum Gasteiger partial charge on any atom is -0.391 e. The summed E-state index contributed by atoms with van der Waals surface area (Å²) >= 11 is 0. The molecule has 1 amide bonds. The fourth-order valence-corrected chi connectivity index (χ4v) is 3.67. The van der Waals surface area contributed by atoms with E-state index >= 15 is 0 Å². The number of nitrogens with zero attached hydrogens (tertiary/aromatic N) is 3. The van der Waals surface area contributed by atoms with Crippen molar-refractivity contribution < 1.29 is 14.3 Å². The Labute approximate surface area is 147 Å². The Morgan fingerprint density at radius 1 is 1.40 bits per heavy atom. The highest BCUT2D eigenvalue weighted by atomic mass is 19.1. The standard InChI is InChI=1S/C19H24FN3O2/c1-12-7-13(2)23(21-12)14(3)8-19(25)22-11-17(24)10-18(22)15-5-4-6-16(20)9-15/h4-7,9,14,17-18,24H,8,10-11H2,1-3H3. The molecule has 25 heavy (non-hydrogen) atoms. The fraction of sp³-hybridized carbons (Fsp3) is 0.474. The first-order valence-corrected chi connectivity index (χ1v) is 8.61. The van der Waals surface area contributed by atoms with Crippen LogP contribution in [0.3, 0.4) is 0 Å². The molecule has 5 nitrogen and oxygen atoms in total. The van der Waals surface area contributed by atoms with Gasteiger partial charge in [0.2, 0.25) is 5.91 Å². The quantitative estimate of drug-likeness (QED) is 0.927. The van der Waals surface area contributed by atoms with Gasteiger partial charge in [0.1, 0.15) is 5.82 Å². The molecule has 0 spiro atoms. The van der Waals surface area contributed by atoms with Crippen molar-refractivity contribution in [3.63, 3.8) is 0 Å². The number of aryl methyl sites for hydroxylation is 2. The largest absolute Gasteiger partial charge is 0.391 e. The molecule has 1 fully saturated rings. The van der Waals surface area contributed by atoms with E-state index in [-0.39, 0.29) is 30.4 Å². The van der Waals surface area contributed by atoms with Gasteiger partial charge in [-0.2, -0.15) is 5.10 Å². The van der Waals surface area contributed by atoms with E-state index in [2.05, 4.69) is 5.10 Å². The molecule has 1 aliphatic heterocycles. The summed E-state index contributed by atoms with van der Waals surface area (Å²) < 4.78 is 15.4. The molecule has 0 bridgehead atoms. The van der Waals surface area contributed by atoms with Crippen LogP contribution in [0.4, 0.5) is 4.39 Å². The molecule has 1 aliphatic rings. The summed E-state index contributed by atoms with van der Waals surface area (Å²) in [5, 5.41) is 14.5. The highest BCUT2D eigenvalue weighted by Crippen LogP contribution is 2.33. The van der Waals surface area contributed by atoms with Gasteiger partial charge in [-0.1, -0.05) is 12.1 Å². The third-order valence-electron chi connectivity index (χ3n) is 4.76. The van der Waals surface area contributed by atoms with E-state index in [0.717, 1.165) is 17.0 Å². The van der Waals surface area contributed by atoms with Gasteiger partial charge in [-0.05, 0) is 51.0 Å². The molecule has 3 unspecified atom stereocenters. The van der Waals surface area contributed by atoms with E-state index in [9.17, 15) is 14.3 Å². The zero-order valence-corrected chi connectivity index (χ0v) is 14.8. The third kappa shape index (κ3) is 3.74. The van der Waals surface area contributed by atoms with E-state index in [0.29, 0.717) is 12.8 Å². The number of halogens is 1. The van der Waals surface area contributed by atoms with E-state index in [4.69, 9.17) is 0 Å². The Bertz CT molecular complexity index is 774. The first-order valence-electron chi connectivity index (χ1n) is 8.61. The van der Waals surface area contributed by atoms with Gasteiger partial charge >= 0.3 is 0 Å². The second-order valence-electron chi connectivity index (χ2n) is 6.93. The molecule has 1 aromatic heterocycles. The molecule has 134 valence electrons. The van der Waals surface area contributed by atoms with Crippen LogP contribution in [0.2, 0.25) is 0 Å². The smallest absolute Gasteiger partial charge is 0.225 e. The first kappa shape index (κ1) is 17.6. The number of β-amino-alcohol motifs (C(OH)–C–C–N with tert-alkyl or cyclic N) is 1. The topological polar surface area (TPSA) is 58.4 Å². The summed E-state index contributed by atoms with van der Waals surface area (Å²) in [4.78, 5) is 14.5. The van der Waals surface area contributed by atoms with E-state index in [1.165, 1.54) is 12.1 Å². The Morgan fingerprint density at radius 3 is 2.80 bits per heavy atom. The highest BCUT2D eigenvalue weighted by molar-refractivity contribution is 5.77. The van der Waals surface area contributed by atoms with Gasteiger partial charge in [-0.3, -0.25) is 9.48 Å². The lowest BCUT2D eigenvalue weighted by molar-refractivity contribution is -0.133. The molecule has 2 heterocycles. The maximum Gasteiger partial charge on any atom is 0.225 e. The molecular formula is C19H24FN3O2. The van der Waals surface area contributed by atoms with Gasteiger partial charge in [-0.25, -0.2) is 4.39 Å². The lowest BCUT2D eigenvalue weighted by Crippen LogP contribution is -2.33. The monoisotopic (exact) mass is 345 g/mol. The van der Waals surface area contributed by atoms with Crippen LogP contribution in [-0.4, -0.2) is 38.3 Å². The molecule has 1 aromatic carbocycles. The van der Waals surface area contributed by atoms with Crippen molar-refractivity contribution in [2.24, 2.45) is 0 Å². The number of aromatic nitrogens is 2. The Kier molecular flexibility index (Phi) is 4.90. The van der Waals surface area contributed by atoms with Crippen LogP contribution in [0, 0.1) is 19.7 Å². The zero-order chi connectivity index (χ0) is 18.1. The lowest BCUT2D eigenvalue weighted by atomic mass is 10.0. The van der Waals surface area contributed by atoms with Crippen LogP contribution in [-0.2, 0) is 4.79 Å². The number of aliphatic hydroxyl groups is 1. The first-order chi connectivity index (χ1) is 11.8. The summed E-state index contributed by atoms with van der Waals surface area (Å²) in [7, 11) is 0. The van der Waals surface area contributed by atoms with Crippen molar-refractivity contribution in [3.05, 3.63) is 53.1 Å². The predicted molar refractivity (Wildman–Crippen MR) is 92.5 cm³/mol. The average Bonchev–Trinajstić information content (AvgIpc) is 3.09. The number of aliphatic hydroxyl groups excluding tert-OH is 1. The predicted octanol–water partition coefficient (Wildman–Crippen LogP) is 2.92. The molecule has 3 rings (SSSR count). The number of benzene rings is 1. The number of carbonyl (C=O) groups excluding carboxylic acids is 1. The number of hydrogen-bond acceptors (Lipinski definition) is 3. The molecule has 0 aliphatic carbocycles. The second-order valence-corrected chi connectivity index (χ2v) is 6.93. The van der Waals surface area contributed by atoms with Gasteiger partial charge in [0.25, 0.3) is 0 Å². The number of rotatable bonds is 4. The second kappa shape index (κ2) is 6.96. The van der Waals surface area contributed by atoms with Gasteiger partial charge < -0.3 is 10.0 Å². The van der Waals surface area contributed by atoms with Gasteiger partial charge in [-0.15, -0.1) is 0 Å². The summed E-state index contributed by atoms with van der Waals surface area (Å²) in [5.41, 5.74) is 2.66. The summed E-state index contributed by atoms with van der Waals surface area (Å²) in [6.07, 6.45) is 0.144. The molecule has 2 aromatic rings. The zero-order valence-electron chi connectivity index (χ0n) is 14.8. The van der Waals surface area contributed by atoms with Gasteiger partial charge in [0.15, 0.2) is 0 Å². The maximum atomic E-state index is 13.5. The van der Waals surface area contributed by atoms with E-state index < -0.39 is 6.10 Å². The van der Waals surface area contributed by atoms with Crippen molar-refractivity contribution in [2.45, 2.75) is 51.8 Å². The summed E-state index contributed by atoms with van der Waals surface area (Å²) in [6.45, 7) is 6.13. The van der Waals surface area contributed by atoms with Crippen molar-refractivity contribution >= 4 is 5.91 Å². The van der Waals surface area contributed by atoms with Gasteiger partial charge in [0, 0.05) is 18.7 Å². The van der Waals surface area contributed by atoms with E-state index in [1.54, 1.807) is 17.0 Å². The number of carbonyl (C=O) groups is 1. The Morgan fingerprint density at radius 2 is 2.16 bits per heavy atom. The molecule has 0 radical (unpaired) electrons. The molecule has 1 N–H and O–H groups in total. The Balaban J connectivity index is 1.76. The molecular weight excluding hydrogens is 321 g/mol. The number of hydrogen-bond donors (Lipinski definition) is 1. The van der Waals surface area contributed by atoms with Crippen LogP contribution in [0.5, 0.6) is 0 Å². The fourth-order valence-electron chi connectivity index (χ4n) is 3.67. The van der Waals surface area contributed by atoms with Crippen LogP contribution < -0.4 is 0 Å². The minimum absolute atomic E-state index is 0.0501.